The smallest absolute Gasteiger partial charge is 0.255 e. The van der Waals surface area contributed by atoms with Gasteiger partial charge in [0.15, 0.2) is 5.78 Å². The fourth-order valence-corrected chi connectivity index (χ4v) is 10.1. The normalized spacial score (nSPS) is 21.8. The Morgan fingerprint density at radius 3 is 2.39 bits per heavy atom. The second-order valence-electron chi connectivity index (χ2n) is 16.9. The van der Waals surface area contributed by atoms with Crippen molar-refractivity contribution < 1.29 is 19.2 Å². The van der Waals surface area contributed by atoms with Crippen molar-refractivity contribution in [2.75, 3.05) is 51.2 Å². The van der Waals surface area contributed by atoms with Crippen LogP contribution in [0.1, 0.15) is 106 Å². The number of amides is 3. The second-order valence-corrected chi connectivity index (χ2v) is 16.9. The highest BCUT2D eigenvalue weighted by molar-refractivity contribution is 6.20. The van der Waals surface area contributed by atoms with Crippen LogP contribution in [0, 0.1) is 11.3 Å². The molecule has 4 aromatic rings. The van der Waals surface area contributed by atoms with Crippen LogP contribution in [0.5, 0.6) is 0 Å². The average Bonchev–Trinajstić information content (AvgIpc) is 3.77. The van der Waals surface area contributed by atoms with Gasteiger partial charge in [-0.1, -0.05) is 39.0 Å². The maximum absolute atomic E-state index is 14.1. The molecular weight excluding hydrogens is 703 g/mol. The SMILES string of the molecule is CCc1cc2c(cc1N1CCC(N3CCN(Cc4ccc5c(c4)CN(C4CCC(=O)N(C)C4=O)C5=O)CC3)CC1)C(C)(C)c1[nH]c3cc(C#N)ccc3c1C2=O. The van der Waals surface area contributed by atoms with E-state index >= 15 is 0 Å². The van der Waals surface area contributed by atoms with Crippen LogP contribution in [0.4, 0.5) is 5.69 Å². The van der Waals surface area contributed by atoms with Crippen molar-refractivity contribution in [1.82, 2.24) is 24.6 Å². The maximum Gasteiger partial charge on any atom is 0.255 e. The predicted molar refractivity (Wildman–Crippen MR) is 214 cm³/mol. The standard InChI is InChI=1S/C45H49N7O4/c1-5-29-22-34-35(45(2,3)42-40(41(34)54)33-9-6-27(24-46)21-36(33)47-42)23-38(29)51-14-12-31(13-15-51)50-18-16-49(17-19-50)25-28-7-8-32-30(20-28)26-52(43(32)55)37-10-11-39(53)48(4)44(37)56/h6-9,20-23,31,37,47H,5,10-19,25-26H2,1-4H3. The molecule has 4 aliphatic heterocycles. The number of benzene rings is 3. The fraction of sp³-hybridized carbons (Fsp3) is 0.444. The first-order chi connectivity index (χ1) is 27.0. The number of fused-ring (bicyclic) bond motifs is 5. The zero-order valence-corrected chi connectivity index (χ0v) is 32.8. The zero-order chi connectivity index (χ0) is 39.0. The van der Waals surface area contributed by atoms with Gasteiger partial charge in [0.05, 0.1) is 17.2 Å². The summed E-state index contributed by atoms with van der Waals surface area (Å²) in [5, 5.41) is 10.4. The van der Waals surface area contributed by atoms with E-state index < -0.39 is 11.5 Å². The van der Waals surface area contributed by atoms with E-state index in [1.54, 1.807) is 11.0 Å². The van der Waals surface area contributed by atoms with E-state index in [9.17, 15) is 24.4 Å². The Hall–Kier alpha value is -5.31. The van der Waals surface area contributed by atoms with Crippen molar-refractivity contribution in [1.29, 1.82) is 5.26 Å². The third-order valence-electron chi connectivity index (χ3n) is 13.4. The molecule has 0 bridgehead atoms. The number of likely N-dealkylation sites (tertiary alicyclic amines) is 1. The van der Waals surface area contributed by atoms with Crippen LogP contribution < -0.4 is 4.90 Å². The van der Waals surface area contributed by atoms with E-state index in [0.717, 1.165) is 109 Å². The molecule has 3 fully saturated rings. The van der Waals surface area contributed by atoms with Crippen molar-refractivity contribution in [3.8, 4) is 6.07 Å². The van der Waals surface area contributed by atoms with E-state index in [1.807, 2.05) is 24.3 Å². The lowest BCUT2D eigenvalue weighted by Gasteiger charge is -2.44. The Morgan fingerprint density at radius 2 is 1.66 bits per heavy atom. The van der Waals surface area contributed by atoms with Gasteiger partial charge in [0, 0.05) is 111 Å². The number of aromatic amines is 1. The van der Waals surface area contributed by atoms with Crippen molar-refractivity contribution >= 4 is 40.1 Å². The van der Waals surface area contributed by atoms with Crippen LogP contribution in [0.15, 0.2) is 48.5 Å². The molecule has 1 atom stereocenters. The highest BCUT2D eigenvalue weighted by Gasteiger charge is 2.43. The Morgan fingerprint density at radius 1 is 0.893 bits per heavy atom. The van der Waals surface area contributed by atoms with Gasteiger partial charge in [0.1, 0.15) is 6.04 Å². The molecule has 1 N–H and O–H groups in total. The van der Waals surface area contributed by atoms with Crippen LogP contribution >= 0.6 is 0 Å². The van der Waals surface area contributed by atoms with Crippen LogP contribution in [0.2, 0.25) is 0 Å². The molecule has 0 saturated carbocycles. The minimum atomic E-state index is -0.582. The number of aromatic nitrogens is 1. The minimum absolute atomic E-state index is 0.0579. The largest absolute Gasteiger partial charge is 0.371 e. The van der Waals surface area contributed by atoms with Crippen LogP contribution in [-0.2, 0) is 34.5 Å². The maximum atomic E-state index is 14.1. The number of nitriles is 1. The number of hydrogen-bond donors (Lipinski definition) is 1. The number of anilines is 1. The molecule has 9 rings (SSSR count). The van der Waals surface area contributed by atoms with Gasteiger partial charge in [-0.05, 0) is 78.3 Å². The number of aryl methyl sites for hydroxylation is 1. The third-order valence-corrected chi connectivity index (χ3v) is 13.4. The van der Waals surface area contributed by atoms with Gasteiger partial charge in [-0.25, -0.2) is 0 Å². The molecule has 5 aliphatic rings. The first-order valence-corrected chi connectivity index (χ1v) is 20.2. The highest BCUT2D eigenvalue weighted by atomic mass is 16.2. The summed E-state index contributed by atoms with van der Waals surface area (Å²) in [5.74, 6) is -0.542. The van der Waals surface area contributed by atoms with Gasteiger partial charge in [-0.3, -0.25) is 33.9 Å². The van der Waals surface area contributed by atoms with Crippen molar-refractivity contribution in [3.05, 3.63) is 98.7 Å². The number of ketones is 1. The fourth-order valence-electron chi connectivity index (χ4n) is 10.1. The molecule has 0 spiro atoms. The summed E-state index contributed by atoms with van der Waals surface area (Å²) in [5.41, 5.74) is 9.77. The molecule has 11 nitrogen and oxygen atoms in total. The Labute approximate surface area is 327 Å². The third kappa shape index (κ3) is 5.84. The number of carbonyl (C=O) groups excluding carboxylic acids is 4. The summed E-state index contributed by atoms with van der Waals surface area (Å²) in [4.78, 5) is 66.3. The number of nitrogens with zero attached hydrogens (tertiary/aromatic N) is 6. The van der Waals surface area contributed by atoms with Crippen LogP contribution in [0.25, 0.3) is 10.9 Å². The average molecular weight is 752 g/mol. The molecule has 1 aliphatic carbocycles. The first kappa shape index (κ1) is 36.3. The first-order valence-electron chi connectivity index (χ1n) is 20.2. The summed E-state index contributed by atoms with van der Waals surface area (Å²) < 4.78 is 0. The quantitative estimate of drug-likeness (QED) is 0.262. The summed E-state index contributed by atoms with van der Waals surface area (Å²) in [6.45, 7) is 13.8. The Bertz CT molecular complexity index is 2360. The lowest BCUT2D eigenvalue weighted by atomic mass is 9.70. The topological polar surface area (TPSA) is 124 Å². The highest BCUT2D eigenvalue weighted by Crippen LogP contribution is 2.46. The van der Waals surface area contributed by atoms with Gasteiger partial charge in [-0.2, -0.15) is 5.26 Å². The molecule has 3 aromatic carbocycles. The number of piperazine rings is 1. The summed E-state index contributed by atoms with van der Waals surface area (Å²) in [6, 6.07) is 18.3. The molecule has 1 aromatic heterocycles. The summed E-state index contributed by atoms with van der Waals surface area (Å²) in [6.07, 6.45) is 3.70. The number of carbonyl (C=O) groups is 4. The van der Waals surface area contributed by atoms with E-state index in [0.29, 0.717) is 30.1 Å². The van der Waals surface area contributed by atoms with Gasteiger partial charge >= 0.3 is 0 Å². The van der Waals surface area contributed by atoms with Crippen molar-refractivity contribution in [2.45, 2.75) is 83.5 Å². The summed E-state index contributed by atoms with van der Waals surface area (Å²) in [7, 11) is 1.50. The zero-order valence-electron chi connectivity index (χ0n) is 32.8. The van der Waals surface area contributed by atoms with E-state index in [4.69, 9.17) is 0 Å². The van der Waals surface area contributed by atoms with Crippen LogP contribution in [0.3, 0.4) is 0 Å². The van der Waals surface area contributed by atoms with E-state index in [-0.39, 0.29) is 29.9 Å². The number of imide groups is 1. The second kappa shape index (κ2) is 13.7. The molecule has 288 valence electrons. The number of nitrogens with one attached hydrogen (secondary N) is 1. The number of rotatable bonds is 6. The molecule has 5 heterocycles. The van der Waals surface area contributed by atoms with Crippen molar-refractivity contribution in [2.24, 2.45) is 0 Å². The molecule has 3 saturated heterocycles. The lowest BCUT2D eigenvalue weighted by Crippen LogP contribution is -2.53. The summed E-state index contributed by atoms with van der Waals surface area (Å²) >= 11 is 0. The van der Waals surface area contributed by atoms with Gasteiger partial charge in [0.25, 0.3) is 11.8 Å². The molecule has 0 radical (unpaired) electrons. The number of likely N-dealkylation sites (N-methyl/N-ethyl adjacent to an activating group) is 1. The van der Waals surface area contributed by atoms with E-state index in [1.165, 1.54) is 23.9 Å². The number of hydrogen-bond acceptors (Lipinski definition) is 8. The van der Waals surface area contributed by atoms with Gasteiger partial charge < -0.3 is 14.8 Å². The van der Waals surface area contributed by atoms with Gasteiger partial charge in [0.2, 0.25) is 5.91 Å². The Kier molecular flexibility index (Phi) is 8.90. The van der Waals surface area contributed by atoms with Gasteiger partial charge in [-0.15, -0.1) is 0 Å². The minimum Gasteiger partial charge on any atom is -0.371 e. The predicted octanol–water partition coefficient (Wildman–Crippen LogP) is 5.36. The van der Waals surface area contributed by atoms with Crippen molar-refractivity contribution in [3.63, 3.8) is 0 Å². The molecule has 11 heteroatoms. The number of H-pyrrole nitrogens is 1. The molecular formula is C45H49N7O4. The Balaban J connectivity index is 0.828. The van der Waals surface area contributed by atoms with Crippen LogP contribution in [-0.4, -0.2) is 106 Å². The number of piperidine rings is 2. The molecule has 3 amide bonds. The monoisotopic (exact) mass is 751 g/mol. The molecule has 56 heavy (non-hydrogen) atoms. The van der Waals surface area contributed by atoms with E-state index in [2.05, 4.69) is 64.7 Å². The molecule has 1 unspecified atom stereocenters. The lowest BCUT2D eigenvalue weighted by molar-refractivity contribution is -0.150.